The van der Waals surface area contributed by atoms with Crippen LogP contribution >= 0.6 is 0 Å². The van der Waals surface area contributed by atoms with E-state index in [9.17, 15) is 19.8 Å². The second kappa shape index (κ2) is 17.6. The average Bonchev–Trinajstić information content (AvgIpc) is 2.29. The molecule has 0 radical (unpaired) electrons. The second-order valence-corrected chi connectivity index (χ2v) is 3.44. The molecule has 20 heavy (non-hydrogen) atoms. The summed E-state index contributed by atoms with van der Waals surface area (Å²) in [4.78, 5) is 22.1. The van der Waals surface area contributed by atoms with E-state index in [4.69, 9.17) is 9.47 Å². The summed E-state index contributed by atoms with van der Waals surface area (Å²) in [5, 5.41) is 20.2. The topological polar surface area (TPSA) is 102 Å². The normalized spacial score (nSPS) is 9.45. The van der Waals surface area contributed by atoms with Crippen molar-refractivity contribution in [3.8, 4) is 0 Å². The number of ether oxygens (including phenoxy) is 2. The molecule has 0 N–H and O–H groups in total. The third-order valence-corrected chi connectivity index (χ3v) is 1.93. The van der Waals surface area contributed by atoms with Gasteiger partial charge in [-0.3, -0.25) is 4.90 Å². The molecule has 0 rings (SSSR count). The van der Waals surface area contributed by atoms with Crippen molar-refractivity contribution in [3.05, 3.63) is 12.7 Å². The minimum absolute atomic E-state index is 0. The van der Waals surface area contributed by atoms with Gasteiger partial charge < -0.3 is 29.3 Å². The predicted molar refractivity (Wildman–Crippen MR) is 58.3 cm³/mol. The zero-order chi connectivity index (χ0) is 13.8. The molecule has 0 heterocycles. The van der Waals surface area contributed by atoms with Gasteiger partial charge in [-0.1, -0.05) is 6.08 Å². The van der Waals surface area contributed by atoms with E-state index in [1.807, 2.05) is 4.90 Å². The Morgan fingerprint density at radius 1 is 1.00 bits per heavy atom. The van der Waals surface area contributed by atoms with Crippen LogP contribution in [0.15, 0.2) is 12.7 Å². The SMILES string of the molecule is C=CCN(CCOCC(=O)[O-])CCOCC(=O)[O-].[Na+].[Na+]. The van der Waals surface area contributed by atoms with Gasteiger partial charge in [-0.25, -0.2) is 0 Å². The monoisotopic (exact) mass is 305 g/mol. The minimum Gasteiger partial charge on any atom is -0.548 e. The number of carbonyl (C=O) groups is 2. The van der Waals surface area contributed by atoms with Gasteiger partial charge in [-0.15, -0.1) is 6.58 Å². The number of hydrogen-bond donors (Lipinski definition) is 0. The van der Waals surface area contributed by atoms with Gasteiger partial charge in [0.05, 0.1) is 38.4 Å². The molecule has 0 aliphatic heterocycles. The van der Waals surface area contributed by atoms with Gasteiger partial charge in [0, 0.05) is 19.6 Å². The molecule has 7 nitrogen and oxygen atoms in total. The Bertz CT molecular complexity index is 256. The van der Waals surface area contributed by atoms with E-state index in [2.05, 4.69) is 6.58 Å². The fraction of sp³-hybridized carbons (Fsp3) is 0.636. The van der Waals surface area contributed by atoms with Crippen molar-refractivity contribution in [1.29, 1.82) is 0 Å². The predicted octanol–water partition coefficient (Wildman–Crippen LogP) is -8.98. The van der Waals surface area contributed by atoms with Crippen molar-refractivity contribution >= 4 is 11.9 Å². The Kier molecular flexibility index (Phi) is 22.5. The standard InChI is InChI=1S/C11H19NO6.2Na/c1-2-3-12(4-6-17-8-10(13)14)5-7-18-9-11(15)16;;/h2H,1,3-9H2,(H,13,14)(H,15,16);;/q;2*+1/p-2. The number of nitrogens with zero attached hydrogens (tertiary/aromatic N) is 1. The number of rotatable bonds is 12. The first-order valence-electron chi connectivity index (χ1n) is 5.44. The van der Waals surface area contributed by atoms with Crippen LogP contribution in [0.2, 0.25) is 0 Å². The third-order valence-electron chi connectivity index (χ3n) is 1.93. The van der Waals surface area contributed by atoms with Crippen molar-refractivity contribution in [2.75, 3.05) is 46.1 Å². The first-order valence-corrected chi connectivity index (χ1v) is 5.44. The first-order chi connectivity index (χ1) is 8.56. The molecule has 0 aliphatic rings. The number of carboxylic acid groups (broad SMARTS) is 2. The molecule has 0 aromatic heterocycles. The molecule has 9 heteroatoms. The van der Waals surface area contributed by atoms with Gasteiger partial charge in [0.2, 0.25) is 0 Å². The Morgan fingerprint density at radius 3 is 1.70 bits per heavy atom. The number of carbonyl (C=O) groups excluding carboxylic acids is 2. The maximum Gasteiger partial charge on any atom is 1.00 e. The van der Waals surface area contributed by atoms with Gasteiger partial charge >= 0.3 is 59.1 Å². The van der Waals surface area contributed by atoms with Crippen LogP contribution in [0.5, 0.6) is 0 Å². The van der Waals surface area contributed by atoms with Crippen molar-refractivity contribution in [3.63, 3.8) is 0 Å². The molecule has 104 valence electrons. The van der Waals surface area contributed by atoms with E-state index in [1.165, 1.54) is 0 Å². The molecule has 0 bridgehead atoms. The Morgan fingerprint density at radius 2 is 1.40 bits per heavy atom. The Balaban J connectivity index is -0.00000144. The summed E-state index contributed by atoms with van der Waals surface area (Å²) in [7, 11) is 0. The molecule has 0 aromatic carbocycles. The first kappa shape index (κ1) is 25.5. The van der Waals surface area contributed by atoms with E-state index < -0.39 is 25.2 Å². The van der Waals surface area contributed by atoms with Crippen molar-refractivity contribution in [1.82, 2.24) is 4.90 Å². The summed E-state index contributed by atoms with van der Waals surface area (Å²) in [6.07, 6.45) is 1.68. The summed E-state index contributed by atoms with van der Waals surface area (Å²) in [6.45, 7) is 4.74. The zero-order valence-corrected chi connectivity index (χ0v) is 16.1. The molecule has 0 saturated heterocycles. The molecule has 0 spiro atoms. The molecule has 0 atom stereocenters. The summed E-state index contributed by atoms with van der Waals surface area (Å²) >= 11 is 0. The summed E-state index contributed by atoms with van der Waals surface area (Å²) in [5.41, 5.74) is 0. The van der Waals surface area contributed by atoms with Gasteiger partial charge in [0.15, 0.2) is 0 Å². The van der Waals surface area contributed by atoms with E-state index in [-0.39, 0.29) is 72.3 Å². The van der Waals surface area contributed by atoms with E-state index in [1.54, 1.807) is 6.08 Å². The van der Waals surface area contributed by atoms with Gasteiger partial charge in [0.25, 0.3) is 0 Å². The fourth-order valence-electron chi connectivity index (χ4n) is 1.18. The number of carboxylic acids is 2. The van der Waals surface area contributed by atoms with E-state index >= 15 is 0 Å². The van der Waals surface area contributed by atoms with Crippen LogP contribution in [0, 0.1) is 0 Å². The molecule has 0 fully saturated rings. The molecular weight excluding hydrogens is 288 g/mol. The van der Waals surface area contributed by atoms with Crippen molar-refractivity contribution in [2.24, 2.45) is 0 Å². The Hall–Kier alpha value is 0.560. The molecule has 0 aliphatic carbocycles. The van der Waals surface area contributed by atoms with Crippen molar-refractivity contribution < 1.29 is 88.4 Å². The second-order valence-electron chi connectivity index (χ2n) is 3.44. The summed E-state index contributed by atoms with van der Waals surface area (Å²) < 4.78 is 9.67. The van der Waals surface area contributed by atoms with Crippen LogP contribution in [0.25, 0.3) is 0 Å². The van der Waals surface area contributed by atoms with Crippen molar-refractivity contribution in [2.45, 2.75) is 0 Å². The maximum atomic E-state index is 10.1. The quantitative estimate of drug-likeness (QED) is 0.200. The molecular formula is C11H17NNa2O6. The van der Waals surface area contributed by atoms with Crippen LogP contribution in [-0.4, -0.2) is 62.9 Å². The molecule has 0 saturated carbocycles. The molecule has 0 amide bonds. The average molecular weight is 305 g/mol. The van der Waals surface area contributed by atoms with Gasteiger partial charge in [0.1, 0.15) is 0 Å². The maximum absolute atomic E-state index is 10.1. The number of aliphatic carboxylic acids is 2. The summed E-state index contributed by atoms with van der Waals surface area (Å²) in [6, 6.07) is 0. The minimum atomic E-state index is -1.26. The van der Waals surface area contributed by atoms with E-state index in [0.29, 0.717) is 19.6 Å². The van der Waals surface area contributed by atoms with Crippen LogP contribution in [-0.2, 0) is 19.1 Å². The molecule has 0 aromatic rings. The number of hydrogen-bond acceptors (Lipinski definition) is 7. The van der Waals surface area contributed by atoms with Crippen LogP contribution < -0.4 is 69.3 Å². The largest absolute Gasteiger partial charge is 1.00 e. The Labute approximate surface area is 162 Å². The summed E-state index contributed by atoms with van der Waals surface area (Å²) in [5.74, 6) is -2.52. The fourth-order valence-corrected chi connectivity index (χ4v) is 1.18. The van der Waals surface area contributed by atoms with Gasteiger partial charge in [-0.05, 0) is 0 Å². The molecule has 0 unspecified atom stereocenters. The third kappa shape index (κ3) is 18.6. The smallest absolute Gasteiger partial charge is 0.548 e. The van der Waals surface area contributed by atoms with Crippen LogP contribution in [0.4, 0.5) is 0 Å². The van der Waals surface area contributed by atoms with Crippen LogP contribution in [0.1, 0.15) is 0 Å². The van der Waals surface area contributed by atoms with Crippen LogP contribution in [0.3, 0.4) is 0 Å². The van der Waals surface area contributed by atoms with Gasteiger partial charge in [-0.2, -0.15) is 0 Å². The van der Waals surface area contributed by atoms with E-state index in [0.717, 1.165) is 0 Å². The zero-order valence-electron chi connectivity index (χ0n) is 12.1.